The average molecular weight is 126 g/mol. The van der Waals surface area contributed by atoms with E-state index in [2.05, 4.69) is 4.90 Å². The zero-order valence-corrected chi connectivity index (χ0v) is 5.71. The van der Waals surface area contributed by atoms with Crippen LogP contribution in [0.3, 0.4) is 0 Å². The molecule has 2 radical (unpaired) electrons. The predicted molar refractivity (Wildman–Crippen MR) is 37.9 cm³/mol. The van der Waals surface area contributed by atoms with Crippen molar-refractivity contribution in [3.8, 4) is 0 Å². The zero-order valence-electron chi connectivity index (χ0n) is 5.71. The largest absolute Gasteiger partial charge is 0.328 e. The van der Waals surface area contributed by atoms with E-state index in [-0.39, 0.29) is 0 Å². The van der Waals surface area contributed by atoms with Crippen molar-refractivity contribution in [1.82, 2.24) is 4.90 Å². The van der Waals surface area contributed by atoms with Gasteiger partial charge >= 0.3 is 0 Å². The van der Waals surface area contributed by atoms with Crippen LogP contribution in [0.2, 0.25) is 0 Å². The maximum absolute atomic E-state index is 5.68. The monoisotopic (exact) mass is 126 g/mol. The molecule has 1 saturated heterocycles. The summed E-state index contributed by atoms with van der Waals surface area (Å²) in [6.45, 7) is 8.28. The van der Waals surface area contributed by atoms with Crippen molar-refractivity contribution in [1.29, 1.82) is 0 Å². The second-order valence-electron chi connectivity index (χ2n) is 2.64. The van der Waals surface area contributed by atoms with Crippen molar-refractivity contribution < 1.29 is 0 Å². The molecule has 0 unspecified atom stereocenters. The van der Waals surface area contributed by atoms with E-state index >= 15 is 0 Å². The summed E-state index contributed by atoms with van der Waals surface area (Å²) >= 11 is 0. The van der Waals surface area contributed by atoms with Gasteiger partial charge in [0.15, 0.2) is 0 Å². The molecule has 1 aliphatic rings. The summed E-state index contributed by atoms with van der Waals surface area (Å²) in [7, 11) is 0. The molecule has 1 fully saturated rings. The smallest absolute Gasteiger partial charge is 0.00631 e. The van der Waals surface area contributed by atoms with Gasteiger partial charge in [0.05, 0.1) is 0 Å². The second kappa shape index (κ2) is 3.18. The molecular weight excluding hydrogens is 112 g/mol. The molecule has 52 valence electrons. The highest BCUT2D eigenvalue weighted by atomic mass is 15.1. The maximum Gasteiger partial charge on any atom is 0.00631 e. The number of nitrogens with zero attached hydrogens (tertiary/aromatic N) is 1. The highest BCUT2D eigenvalue weighted by molar-refractivity contribution is 4.73. The highest BCUT2D eigenvalue weighted by Gasteiger charge is 2.13. The van der Waals surface area contributed by atoms with Gasteiger partial charge in [-0.2, -0.15) is 0 Å². The molecule has 2 heteroatoms. The molecule has 0 aromatic carbocycles. The van der Waals surface area contributed by atoms with Gasteiger partial charge in [-0.3, -0.25) is 0 Å². The van der Waals surface area contributed by atoms with E-state index in [1.54, 1.807) is 0 Å². The standard InChI is InChI=1S/C7H14N2/c1-2-9-5-3-7(8)4-6-9/h1,7H,2-6,8H2. The van der Waals surface area contributed by atoms with Crippen molar-refractivity contribution >= 4 is 0 Å². The minimum Gasteiger partial charge on any atom is -0.328 e. The number of likely N-dealkylation sites (tertiary alicyclic amines) is 1. The first-order valence-electron chi connectivity index (χ1n) is 3.51. The molecule has 0 aromatic heterocycles. The lowest BCUT2D eigenvalue weighted by molar-refractivity contribution is 0.232. The second-order valence-corrected chi connectivity index (χ2v) is 2.64. The molecule has 1 aliphatic heterocycles. The van der Waals surface area contributed by atoms with Crippen LogP contribution in [0.5, 0.6) is 0 Å². The molecule has 1 rings (SSSR count). The van der Waals surface area contributed by atoms with Crippen LogP contribution < -0.4 is 5.73 Å². The SMILES string of the molecule is [CH]CN1CCC(N)CC1. The molecule has 0 amide bonds. The average Bonchev–Trinajstić information content (AvgIpc) is 1.90. The van der Waals surface area contributed by atoms with E-state index in [4.69, 9.17) is 12.7 Å². The number of piperidine rings is 1. The van der Waals surface area contributed by atoms with Gasteiger partial charge in [0.2, 0.25) is 0 Å². The lowest BCUT2D eigenvalue weighted by atomic mass is 10.1. The first kappa shape index (κ1) is 7.03. The lowest BCUT2D eigenvalue weighted by Gasteiger charge is -2.28. The third kappa shape index (κ3) is 1.95. The molecule has 0 spiro atoms. The maximum atomic E-state index is 5.68. The molecule has 0 aromatic rings. The van der Waals surface area contributed by atoms with E-state index in [0.717, 1.165) is 25.9 Å². The summed E-state index contributed by atoms with van der Waals surface area (Å²) in [5.74, 6) is 0. The number of hydrogen-bond donors (Lipinski definition) is 1. The molecular formula is C7H14N2. The fourth-order valence-corrected chi connectivity index (χ4v) is 1.14. The topological polar surface area (TPSA) is 29.3 Å². The Hall–Kier alpha value is -0.0800. The normalized spacial score (nSPS) is 24.7. The third-order valence-corrected chi connectivity index (χ3v) is 1.89. The van der Waals surface area contributed by atoms with E-state index in [1.807, 2.05) is 0 Å². The predicted octanol–water partition coefficient (Wildman–Crippen LogP) is 0.121. The van der Waals surface area contributed by atoms with Crippen LogP contribution in [0.4, 0.5) is 0 Å². The van der Waals surface area contributed by atoms with Crippen molar-refractivity contribution in [3.63, 3.8) is 0 Å². The van der Waals surface area contributed by atoms with Gasteiger partial charge in [0.25, 0.3) is 0 Å². The Morgan fingerprint density at radius 2 is 2.00 bits per heavy atom. The molecule has 0 atom stereocenters. The summed E-state index contributed by atoms with van der Waals surface area (Å²) in [4.78, 5) is 2.23. The quantitative estimate of drug-likeness (QED) is 0.540. The van der Waals surface area contributed by atoms with Gasteiger partial charge in [-0.1, -0.05) is 0 Å². The van der Waals surface area contributed by atoms with Gasteiger partial charge in [-0.15, -0.1) is 0 Å². The van der Waals surface area contributed by atoms with Crippen LogP contribution >= 0.6 is 0 Å². The third-order valence-electron chi connectivity index (χ3n) is 1.89. The Bertz CT molecular complexity index is 75.0. The van der Waals surface area contributed by atoms with E-state index in [9.17, 15) is 0 Å². The van der Waals surface area contributed by atoms with Crippen LogP contribution in [-0.4, -0.2) is 30.6 Å². The van der Waals surface area contributed by atoms with Crippen LogP contribution in [0.15, 0.2) is 0 Å². The Kier molecular flexibility index (Phi) is 2.49. The lowest BCUT2D eigenvalue weighted by Crippen LogP contribution is -2.39. The van der Waals surface area contributed by atoms with Gasteiger partial charge in [-0.25, -0.2) is 0 Å². The fourth-order valence-electron chi connectivity index (χ4n) is 1.14. The fraction of sp³-hybridized carbons (Fsp3) is 0.857. The number of rotatable bonds is 1. The first-order chi connectivity index (χ1) is 4.33. The van der Waals surface area contributed by atoms with Gasteiger partial charge in [-0.05, 0) is 32.9 Å². The Labute approximate surface area is 57.0 Å². The van der Waals surface area contributed by atoms with E-state index < -0.39 is 0 Å². The number of nitrogens with two attached hydrogens (primary N) is 1. The molecule has 2 nitrogen and oxygen atoms in total. The first-order valence-corrected chi connectivity index (χ1v) is 3.51. The van der Waals surface area contributed by atoms with E-state index in [0.29, 0.717) is 12.6 Å². The van der Waals surface area contributed by atoms with Crippen LogP contribution in [0.1, 0.15) is 12.8 Å². The number of hydrogen-bond acceptors (Lipinski definition) is 2. The van der Waals surface area contributed by atoms with Crippen molar-refractivity contribution in [2.75, 3.05) is 19.6 Å². The summed E-state index contributed by atoms with van der Waals surface area (Å²) in [5.41, 5.74) is 5.68. The summed E-state index contributed by atoms with van der Waals surface area (Å²) in [6, 6.07) is 0.424. The summed E-state index contributed by atoms with van der Waals surface area (Å²) < 4.78 is 0. The van der Waals surface area contributed by atoms with Crippen molar-refractivity contribution in [2.45, 2.75) is 18.9 Å². The Morgan fingerprint density at radius 3 is 2.44 bits per heavy atom. The van der Waals surface area contributed by atoms with Crippen molar-refractivity contribution in [2.24, 2.45) is 5.73 Å². The van der Waals surface area contributed by atoms with Crippen LogP contribution in [-0.2, 0) is 0 Å². The van der Waals surface area contributed by atoms with Gasteiger partial charge in [0, 0.05) is 12.6 Å². The molecule has 9 heavy (non-hydrogen) atoms. The van der Waals surface area contributed by atoms with Gasteiger partial charge < -0.3 is 10.6 Å². The van der Waals surface area contributed by atoms with Crippen LogP contribution in [0, 0.1) is 6.92 Å². The molecule has 0 saturated carbocycles. The minimum atomic E-state index is 0.424. The molecule has 2 N–H and O–H groups in total. The van der Waals surface area contributed by atoms with Gasteiger partial charge in [0.1, 0.15) is 0 Å². The summed E-state index contributed by atoms with van der Waals surface area (Å²) in [6.07, 6.45) is 2.22. The van der Waals surface area contributed by atoms with E-state index in [1.165, 1.54) is 0 Å². The highest BCUT2D eigenvalue weighted by Crippen LogP contribution is 2.06. The minimum absolute atomic E-state index is 0.424. The Balaban J connectivity index is 2.18. The Morgan fingerprint density at radius 1 is 1.44 bits per heavy atom. The zero-order chi connectivity index (χ0) is 6.69. The molecule has 0 bridgehead atoms. The van der Waals surface area contributed by atoms with Crippen LogP contribution in [0.25, 0.3) is 0 Å². The summed E-state index contributed by atoms with van der Waals surface area (Å²) in [5, 5.41) is 0. The molecule has 1 heterocycles. The van der Waals surface area contributed by atoms with Crippen molar-refractivity contribution in [3.05, 3.63) is 6.92 Å². The molecule has 0 aliphatic carbocycles.